The Morgan fingerprint density at radius 3 is 2.33 bits per heavy atom. The minimum Gasteiger partial charge on any atom is -0.479 e. The zero-order valence-corrected chi connectivity index (χ0v) is 11.3. The first-order valence-corrected chi connectivity index (χ1v) is 6.66. The van der Waals surface area contributed by atoms with Crippen molar-refractivity contribution >= 4 is 27.8 Å². The second kappa shape index (κ2) is 5.52. The van der Waals surface area contributed by atoms with Gasteiger partial charge in [0, 0.05) is 10.4 Å². The van der Waals surface area contributed by atoms with Crippen LogP contribution in [0, 0.1) is 5.92 Å². The fraction of sp³-hybridized carbons (Fsp3) is 0.385. The maximum atomic E-state index is 11.8. The van der Waals surface area contributed by atoms with Crippen LogP contribution in [-0.2, 0) is 9.59 Å². The predicted molar refractivity (Wildman–Crippen MR) is 70.0 cm³/mol. The van der Waals surface area contributed by atoms with E-state index in [2.05, 4.69) is 21.2 Å². The number of benzene rings is 1. The van der Waals surface area contributed by atoms with Crippen LogP contribution >= 0.6 is 15.9 Å². The van der Waals surface area contributed by atoms with Gasteiger partial charge in [-0.3, -0.25) is 4.79 Å². The molecule has 0 aromatic heterocycles. The quantitative estimate of drug-likeness (QED) is 0.897. The summed E-state index contributed by atoms with van der Waals surface area (Å²) in [6.45, 7) is 0. The maximum absolute atomic E-state index is 11.8. The molecule has 1 amide bonds. The van der Waals surface area contributed by atoms with E-state index in [0.29, 0.717) is 5.56 Å². The molecule has 5 heteroatoms. The van der Waals surface area contributed by atoms with Crippen molar-refractivity contribution in [2.45, 2.75) is 25.3 Å². The van der Waals surface area contributed by atoms with Crippen LogP contribution in [0.1, 0.15) is 30.9 Å². The Hall–Kier alpha value is -1.36. The van der Waals surface area contributed by atoms with E-state index in [1.165, 1.54) is 0 Å². The molecule has 1 aliphatic rings. The van der Waals surface area contributed by atoms with E-state index < -0.39 is 12.0 Å². The molecule has 0 bridgehead atoms. The van der Waals surface area contributed by atoms with Gasteiger partial charge in [0.2, 0.25) is 5.91 Å². The van der Waals surface area contributed by atoms with Gasteiger partial charge in [-0.15, -0.1) is 0 Å². The number of carboxylic acids is 1. The van der Waals surface area contributed by atoms with Crippen LogP contribution in [0.2, 0.25) is 0 Å². The topological polar surface area (TPSA) is 66.4 Å². The van der Waals surface area contributed by atoms with Crippen LogP contribution in [0.5, 0.6) is 0 Å². The predicted octanol–water partition coefficient (Wildman–Crippen LogP) is 2.49. The molecule has 0 heterocycles. The Bertz CT molecular complexity index is 454. The molecule has 96 valence electrons. The van der Waals surface area contributed by atoms with E-state index in [0.717, 1.165) is 23.7 Å². The summed E-state index contributed by atoms with van der Waals surface area (Å²) < 4.78 is 0.876. The highest BCUT2D eigenvalue weighted by Crippen LogP contribution is 2.27. The second-order valence-corrected chi connectivity index (χ2v) is 5.37. The summed E-state index contributed by atoms with van der Waals surface area (Å²) in [5.41, 5.74) is 0.582. The smallest absolute Gasteiger partial charge is 0.330 e. The van der Waals surface area contributed by atoms with Crippen LogP contribution in [0.4, 0.5) is 0 Å². The Balaban J connectivity index is 2.10. The minimum atomic E-state index is -1.04. The number of carboxylic acid groups (broad SMARTS) is 1. The molecule has 0 aliphatic heterocycles. The largest absolute Gasteiger partial charge is 0.479 e. The van der Waals surface area contributed by atoms with Crippen molar-refractivity contribution in [1.82, 2.24) is 5.32 Å². The molecule has 0 radical (unpaired) electrons. The molecular formula is C13H14BrNO3. The van der Waals surface area contributed by atoms with E-state index in [4.69, 9.17) is 0 Å². The zero-order valence-electron chi connectivity index (χ0n) is 9.73. The van der Waals surface area contributed by atoms with Crippen molar-refractivity contribution in [1.29, 1.82) is 0 Å². The molecule has 4 nitrogen and oxygen atoms in total. The van der Waals surface area contributed by atoms with Gasteiger partial charge in [-0.2, -0.15) is 0 Å². The number of amides is 1. The molecule has 1 fully saturated rings. The van der Waals surface area contributed by atoms with Gasteiger partial charge in [0.05, 0.1) is 0 Å². The molecule has 1 aromatic rings. The molecule has 1 atom stereocenters. The summed E-state index contributed by atoms with van der Waals surface area (Å²) >= 11 is 3.29. The number of carbonyl (C=O) groups excluding carboxylic acids is 1. The highest BCUT2D eigenvalue weighted by molar-refractivity contribution is 9.10. The standard InChI is InChI=1S/C13H14BrNO3/c14-10-6-4-8(5-7-10)11(13(17)18)15-12(16)9-2-1-3-9/h4-7,9,11H,1-3H2,(H,15,16)(H,17,18). The van der Waals surface area contributed by atoms with Crippen molar-refractivity contribution in [2.24, 2.45) is 5.92 Å². The third kappa shape index (κ3) is 2.90. The molecule has 1 aliphatic carbocycles. The van der Waals surface area contributed by atoms with Crippen molar-refractivity contribution in [3.8, 4) is 0 Å². The van der Waals surface area contributed by atoms with Crippen LogP contribution in [-0.4, -0.2) is 17.0 Å². The van der Waals surface area contributed by atoms with Crippen molar-refractivity contribution in [3.05, 3.63) is 34.3 Å². The van der Waals surface area contributed by atoms with E-state index in [9.17, 15) is 14.7 Å². The number of nitrogens with one attached hydrogen (secondary N) is 1. The summed E-state index contributed by atoms with van der Waals surface area (Å²) in [5.74, 6) is -1.20. The first kappa shape index (κ1) is 13.1. The average Bonchev–Trinajstić information content (AvgIpc) is 2.24. The molecule has 0 spiro atoms. The molecule has 1 saturated carbocycles. The second-order valence-electron chi connectivity index (χ2n) is 4.46. The third-order valence-corrected chi connectivity index (χ3v) is 3.74. The summed E-state index contributed by atoms with van der Waals surface area (Å²) in [7, 11) is 0. The number of carbonyl (C=O) groups is 2. The number of aliphatic carboxylic acids is 1. The van der Waals surface area contributed by atoms with Gasteiger partial charge in [0.1, 0.15) is 0 Å². The maximum Gasteiger partial charge on any atom is 0.330 e. The Morgan fingerprint density at radius 2 is 1.89 bits per heavy atom. The molecule has 0 saturated heterocycles. The fourth-order valence-electron chi connectivity index (χ4n) is 1.87. The number of hydrogen-bond acceptors (Lipinski definition) is 2. The minimum absolute atomic E-state index is 0.0118. The van der Waals surface area contributed by atoms with E-state index >= 15 is 0 Å². The highest BCUT2D eigenvalue weighted by Gasteiger charge is 2.29. The van der Waals surface area contributed by atoms with Crippen LogP contribution in [0.25, 0.3) is 0 Å². The van der Waals surface area contributed by atoms with E-state index in [-0.39, 0.29) is 11.8 Å². The molecule has 18 heavy (non-hydrogen) atoms. The first-order valence-electron chi connectivity index (χ1n) is 5.86. The molecular weight excluding hydrogens is 298 g/mol. The van der Waals surface area contributed by atoms with Crippen molar-refractivity contribution in [2.75, 3.05) is 0 Å². The van der Waals surface area contributed by atoms with Gasteiger partial charge in [-0.1, -0.05) is 34.5 Å². The molecule has 2 N–H and O–H groups in total. The van der Waals surface area contributed by atoms with Crippen molar-refractivity contribution < 1.29 is 14.7 Å². The lowest BCUT2D eigenvalue weighted by molar-refractivity contribution is -0.143. The number of rotatable bonds is 4. The van der Waals surface area contributed by atoms with Gasteiger partial charge >= 0.3 is 5.97 Å². The van der Waals surface area contributed by atoms with E-state index in [1.807, 2.05) is 0 Å². The van der Waals surface area contributed by atoms with Crippen molar-refractivity contribution in [3.63, 3.8) is 0 Å². The summed E-state index contributed by atoms with van der Waals surface area (Å²) in [4.78, 5) is 23.0. The van der Waals surface area contributed by atoms with Gasteiger partial charge in [-0.05, 0) is 30.5 Å². The summed E-state index contributed by atoms with van der Waals surface area (Å²) in [6, 6.07) is 5.96. The fourth-order valence-corrected chi connectivity index (χ4v) is 2.14. The van der Waals surface area contributed by atoms with Gasteiger partial charge in [0.25, 0.3) is 0 Å². The lowest BCUT2D eigenvalue weighted by atomic mass is 9.84. The van der Waals surface area contributed by atoms with Crippen LogP contribution in [0.3, 0.4) is 0 Å². The van der Waals surface area contributed by atoms with Gasteiger partial charge < -0.3 is 10.4 Å². The zero-order chi connectivity index (χ0) is 13.1. The highest BCUT2D eigenvalue weighted by atomic mass is 79.9. The SMILES string of the molecule is O=C(NC(C(=O)O)c1ccc(Br)cc1)C1CCC1. The lowest BCUT2D eigenvalue weighted by Gasteiger charge is -2.26. The Labute approximate surface area is 114 Å². The van der Waals surface area contributed by atoms with E-state index in [1.54, 1.807) is 24.3 Å². The normalized spacial score (nSPS) is 16.7. The van der Waals surface area contributed by atoms with Gasteiger partial charge in [-0.25, -0.2) is 4.79 Å². The lowest BCUT2D eigenvalue weighted by Crippen LogP contribution is -2.39. The van der Waals surface area contributed by atoms with Gasteiger partial charge in [0.15, 0.2) is 6.04 Å². The molecule has 2 rings (SSSR count). The first-order chi connectivity index (χ1) is 8.58. The summed E-state index contributed by atoms with van der Waals surface area (Å²) in [5, 5.41) is 11.8. The third-order valence-electron chi connectivity index (χ3n) is 3.21. The van der Waals surface area contributed by atoms with Crippen LogP contribution in [0.15, 0.2) is 28.7 Å². The monoisotopic (exact) mass is 311 g/mol. The average molecular weight is 312 g/mol. The molecule has 1 unspecified atom stereocenters. The number of halogens is 1. The number of hydrogen-bond donors (Lipinski definition) is 2. The Morgan fingerprint density at radius 1 is 1.28 bits per heavy atom. The summed E-state index contributed by atoms with van der Waals surface area (Å²) in [6.07, 6.45) is 2.77. The Kier molecular flexibility index (Phi) is 4.01. The van der Waals surface area contributed by atoms with Crippen LogP contribution < -0.4 is 5.32 Å². The molecule has 1 aromatic carbocycles.